The zero-order chi connectivity index (χ0) is 6.97. The molecule has 0 N–H and O–H groups in total. The van der Waals surface area contributed by atoms with E-state index in [1.807, 2.05) is 6.29 Å². The summed E-state index contributed by atoms with van der Waals surface area (Å²) >= 11 is 1.13. The number of hydrogen-bond donors (Lipinski definition) is 0. The van der Waals surface area contributed by atoms with Crippen LogP contribution < -0.4 is 0 Å². The molecular formula is C6H5N2OS. The van der Waals surface area contributed by atoms with E-state index >= 15 is 0 Å². The van der Waals surface area contributed by atoms with Crippen LogP contribution in [0.2, 0.25) is 0 Å². The van der Waals surface area contributed by atoms with Crippen LogP contribution in [0.25, 0.3) is 0 Å². The van der Waals surface area contributed by atoms with Crippen molar-refractivity contribution in [2.45, 2.75) is 18.8 Å². The lowest BCUT2D eigenvalue weighted by Gasteiger charge is -1.84. The van der Waals surface area contributed by atoms with E-state index in [0.717, 1.165) is 30.1 Å². The molecule has 0 saturated heterocycles. The molecule has 1 heterocycles. The molecule has 3 nitrogen and oxygen atoms in total. The van der Waals surface area contributed by atoms with Gasteiger partial charge in [-0.2, -0.15) is 0 Å². The van der Waals surface area contributed by atoms with Crippen molar-refractivity contribution in [1.82, 2.24) is 9.59 Å². The van der Waals surface area contributed by atoms with Gasteiger partial charge in [0.25, 0.3) is 0 Å². The quantitative estimate of drug-likeness (QED) is 0.633. The molecule has 1 saturated carbocycles. The van der Waals surface area contributed by atoms with Crippen molar-refractivity contribution in [3.8, 4) is 0 Å². The molecule has 1 aromatic rings. The van der Waals surface area contributed by atoms with Crippen molar-refractivity contribution in [3.63, 3.8) is 0 Å². The van der Waals surface area contributed by atoms with Crippen molar-refractivity contribution in [2.75, 3.05) is 0 Å². The maximum atomic E-state index is 10.2. The van der Waals surface area contributed by atoms with Crippen LogP contribution in [0, 0.1) is 0 Å². The summed E-state index contributed by atoms with van der Waals surface area (Å²) in [5.41, 5.74) is 0.861. The molecule has 0 aromatic carbocycles. The molecule has 0 unspecified atom stereocenters. The van der Waals surface area contributed by atoms with Crippen LogP contribution in [0.3, 0.4) is 0 Å². The van der Waals surface area contributed by atoms with Gasteiger partial charge in [-0.15, -0.1) is 5.10 Å². The highest BCUT2D eigenvalue weighted by Gasteiger charge is 2.29. The summed E-state index contributed by atoms with van der Waals surface area (Å²) in [5, 5.41) is 3.86. The zero-order valence-electron chi connectivity index (χ0n) is 5.20. The molecule has 1 aromatic heterocycles. The van der Waals surface area contributed by atoms with E-state index in [1.54, 1.807) is 0 Å². The molecule has 0 aliphatic heterocycles. The smallest absolute Gasteiger partial charge is 0.247 e. The van der Waals surface area contributed by atoms with Crippen molar-refractivity contribution < 1.29 is 4.79 Å². The first-order chi connectivity index (χ1) is 4.92. The zero-order valence-corrected chi connectivity index (χ0v) is 6.02. The van der Waals surface area contributed by atoms with Gasteiger partial charge in [0, 0.05) is 5.92 Å². The van der Waals surface area contributed by atoms with Crippen molar-refractivity contribution in [1.29, 1.82) is 0 Å². The van der Waals surface area contributed by atoms with Crippen molar-refractivity contribution in [2.24, 2.45) is 0 Å². The average Bonchev–Trinajstić information content (AvgIpc) is 2.69. The van der Waals surface area contributed by atoms with Gasteiger partial charge in [0.1, 0.15) is 4.88 Å². The number of hydrogen-bond acceptors (Lipinski definition) is 4. The normalized spacial score (nSPS) is 17.2. The Morgan fingerprint density at radius 1 is 1.60 bits per heavy atom. The van der Waals surface area contributed by atoms with Gasteiger partial charge in [-0.1, -0.05) is 4.49 Å². The number of rotatable bonds is 2. The fourth-order valence-electron chi connectivity index (χ4n) is 0.892. The van der Waals surface area contributed by atoms with Gasteiger partial charge in [0.15, 0.2) is 0 Å². The molecule has 1 aliphatic rings. The van der Waals surface area contributed by atoms with Gasteiger partial charge in [-0.3, -0.25) is 4.79 Å². The summed E-state index contributed by atoms with van der Waals surface area (Å²) in [7, 11) is 0. The Balaban J connectivity index is 2.37. The van der Waals surface area contributed by atoms with Gasteiger partial charge in [0.2, 0.25) is 6.29 Å². The van der Waals surface area contributed by atoms with E-state index in [0.29, 0.717) is 10.8 Å². The van der Waals surface area contributed by atoms with Crippen LogP contribution in [0.5, 0.6) is 0 Å². The van der Waals surface area contributed by atoms with Gasteiger partial charge in [-0.05, 0) is 24.4 Å². The first kappa shape index (κ1) is 5.97. The minimum absolute atomic E-state index is 0.509. The van der Waals surface area contributed by atoms with Crippen molar-refractivity contribution >= 4 is 17.8 Å². The molecule has 2 rings (SSSR count). The minimum atomic E-state index is 0.509. The molecule has 0 spiro atoms. The Morgan fingerprint density at radius 3 is 3.00 bits per heavy atom. The summed E-state index contributed by atoms with van der Waals surface area (Å²) in [4.78, 5) is 10.8. The summed E-state index contributed by atoms with van der Waals surface area (Å²) in [6.45, 7) is 0. The Labute approximate surface area is 62.2 Å². The van der Waals surface area contributed by atoms with Gasteiger partial charge in [0.05, 0.1) is 5.69 Å². The molecule has 51 valence electrons. The standard InChI is InChI=1S/C6H5N2OS/c9-3-5-6(4-1-2-4)7-8-10-5/h4H,1-2H2. The van der Waals surface area contributed by atoms with Gasteiger partial charge in [-0.25, -0.2) is 0 Å². The summed E-state index contributed by atoms with van der Waals surface area (Å²) < 4.78 is 3.68. The topological polar surface area (TPSA) is 42.9 Å². The third kappa shape index (κ3) is 0.844. The third-order valence-electron chi connectivity index (χ3n) is 1.57. The summed E-state index contributed by atoms with van der Waals surface area (Å²) in [5.74, 6) is 0.509. The molecule has 4 heteroatoms. The van der Waals surface area contributed by atoms with E-state index in [4.69, 9.17) is 0 Å². The minimum Gasteiger partial charge on any atom is -0.284 e. The first-order valence-corrected chi connectivity index (χ1v) is 3.89. The molecule has 0 amide bonds. The molecule has 1 aliphatic carbocycles. The second-order valence-corrected chi connectivity index (χ2v) is 3.12. The second kappa shape index (κ2) is 2.12. The molecule has 0 atom stereocenters. The summed E-state index contributed by atoms with van der Waals surface area (Å²) in [6, 6.07) is 0. The van der Waals surface area contributed by atoms with Crippen LogP contribution in [0.1, 0.15) is 29.3 Å². The Hall–Kier alpha value is -0.770. The average molecular weight is 153 g/mol. The number of aromatic nitrogens is 2. The Bertz CT molecular complexity index is 254. The molecule has 1 fully saturated rings. The fraction of sp³-hybridized carbons (Fsp3) is 0.500. The fourth-order valence-corrected chi connectivity index (χ4v) is 1.44. The third-order valence-corrected chi connectivity index (χ3v) is 2.21. The molecular weight excluding hydrogens is 148 g/mol. The van der Waals surface area contributed by atoms with E-state index in [2.05, 4.69) is 9.59 Å². The lowest BCUT2D eigenvalue weighted by molar-refractivity contribution is 0.563. The highest BCUT2D eigenvalue weighted by molar-refractivity contribution is 7.07. The van der Waals surface area contributed by atoms with Crippen LogP contribution >= 0.6 is 11.5 Å². The maximum absolute atomic E-state index is 10.2. The van der Waals surface area contributed by atoms with E-state index in [1.165, 1.54) is 0 Å². The lowest BCUT2D eigenvalue weighted by atomic mass is 10.3. The molecule has 10 heavy (non-hydrogen) atoms. The maximum Gasteiger partial charge on any atom is 0.247 e. The Kier molecular flexibility index (Phi) is 1.27. The van der Waals surface area contributed by atoms with E-state index in [-0.39, 0.29) is 0 Å². The highest BCUT2D eigenvalue weighted by atomic mass is 32.1. The first-order valence-electron chi connectivity index (χ1n) is 3.12. The predicted octanol–water partition coefficient (Wildman–Crippen LogP) is 0.873. The van der Waals surface area contributed by atoms with Gasteiger partial charge >= 0.3 is 0 Å². The van der Waals surface area contributed by atoms with Gasteiger partial charge < -0.3 is 0 Å². The SMILES string of the molecule is O=[C]c1snnc1C1CC1. The van der Waals surface area contributed by atoms with Crippen LogP contribution in [-0.2, 0) is 4.79 Å². The largest absolute Gasteiger partial charge is 0.284 e. The van der Waals surface area contributed by atoms with Crippen LogP contribution in [-0.4, -0.2) is 15.9 Å². The van der Waals surface area contributed by atoms with Crippen molar-refractivity contribution in [3.05, 3.63) is 10.6 Å². The molecule has 1 radical (unpaired) electrons. The predicted molar refractivity (Wildman–Crippen MR) is 36.7 cm³/mol. The monoisotopic (exact) mass is 153 g/mol. The van der Waals surface area contributed by atoms with E-state index in [9.17, 15) is 4.79 Å². The second-order valence-electron chi connectivity index (χ2n) is 2.36. The summed E-state index contributed by atoms with van der Waals surface area (Å²) in [6.07, 6.45) is 4.15. The number of carbonyl (C=O) groups excluding carboxylic acids is 1. The number of nitrogens with zero attached hydrogens (tertiary/aromatic N) is 2. The van der Waals surface area contributed by atoms with Crippen LogP contribution in [0.4, 0.5) is 0 Å². The van der Waals surface area contributed by atoms with E-state index < -0.39 is 0 Å². The lowest BCUT2D eigenvalue weighted by Crippen LogP contribution is -1.84. The Morgan fingerprint density at radius 2 is 2.40 bits per heavy atom. The van der Waals surface area contributed by atoms with Crippen LogP contribution in [0.15, 0.2) is 0 Å². The highest BCUT2D eigenvalue weighted by Crippen LogP contribution is 2.40. The molecule has 0 bridgehead atoms.